The molecule has 0 aliphatic carbocycles. The minimum Gasteiger partial charge on any atom is -0.396 e. The van der Waals surface area contributed by atoms with Crippen LogP contribution in [0.15, 0.2) is 0 Å². The molecule has 6 heteroatoms. The van der Waals surface area contributed by atoms with Crippen molar-refractivity contribution >= 4 is 5.95 Å². The number of nitrogens with one attached hydrogen (secondary N) is 1. The molecule has 0 spiro atoms. The second-order valence-electron chi connectivity index (χ2n) is 2.13. The summed E-state index contributed by atoms with van der Waals surface area (Å²) in [7, 11) is 1.75. The zero-order valence-electron chi connectivity index (χ0n) is 6.36. The summed E-state index contributed by atoms with van der Waals surface area (Å²) in [6, 6.07) is 0. The van der Waals surface area contributed by atoms with Crippen molar-refractivity contribution in [3.8, 4) is 0 Å². The van der Waals surface area contributed by atoms with Crippen molar-refractivity contribution in [1.29, 1.82) is 0 Å². The molecule has 0 fully saturated rings. The van der Waals surface area contributed by atoms with Gasteiger partial charge in [-0.1, -0.05) is 5.10 Å². The summed E-state index contributed by atoms with van der Waals surface area (Å²) in [5, 5.41) is 22.2. The zero-order chi connectivity index (χ0) is 8.10. The fraction of sp³-hybridized carbons (Fsp3) is 0.800. The molecule has 0 amide bonds. The Morgan fingerprint density at radius 1 is 1.64 bits per heavy atom. The lowest BCUT2D eigenvalue weighted by atomic mass is 10.4. The van der Waals surface area contributed by atoms with E-state index in [1.165, 1.54) is 4.68 Å². The van der Waals surface area contributed by atoms with Gasteiger partial charge in [0.15, 0.2) is 0 Å². The highest BCUT2D eigenvalue weighted by Crippen LogP contribution is 1.94. The molecule has 0 radical (unpaired) electrons. The lowest BCUT2D eigenvalue weighted by Crippen LogP contribution is -2.08. The molecule has 1 aromatic heterocycles. The lowest BCUT2D eigenvalue weighted by molar-refractivity contribution is 0.292. The van der Waals surface area contributed by atoms with Crippen LogP contribution in [0.25, 0.3) is 0 Å². The van der Waals surface area contributed by atoms with Crippen LogP contribution in [0.1, 0.15) is 6.42 Å². The van der Waals surface area contributed by atoms with Crippen LogP contribution in [-0.2, 0) is 7.05 Å². The Kier molecular flexibility index (Phi) is 2.79. The van der Waals surface area contributed by atoms with Crippen LogP contribution < -0.4 is 5.32 Å². The molecule has 1 heterocycles. The number of anilines is 1. The Balaban J connectivity index is 2.32. The van der Waals surface area contributed by atoms with Crippen molar-refractivity contribution in [2.24, 2.45) is 7.05 Å². The number of tetrazole rings is 1. The van der Waals surface area contributed by atoms with Gasteiger partial charge >= 0.3 is 0 Å². The summed E-state index contributed by atoms with van der Waals surface area (Å²) >= 11 is 0. The maximum absolute atomic E-state index is 8.47. The third kappa shape index (κ3) is 2.15. The average molecular weight is 157 g/mol. The Labute approximate surface area is 64.2 Å². The van der Waals surface area contributed by atoms with Crippen LogP contribution >= 0.6 is 0 Å². The number of hydrogen-bond donors (Lipinski definition) is 2. The van der Waals surface area contributed by atoms with Crippen LogP contribution in [-0.4, -0.2) is 38.5 Å². The molecule has 62 valence electrons. The van der Waals surface area contributed by atoms with Crippen molar-refractivity contribution in [2.75, 3.05) is 18.5 Å². The maximum atomic E-state index is 8.47. The standard InChI is InChI=1S/C5H11N5O/c1-10-5(7-8-9-10)6-3-2-4-11/h11H,2-4H2,1H3,(H,6,7,9). The fourth-order valence-corrected chi connectivity index (χ4v) is 0.658. The number of aryl methyl sites for hydroxylation is 1. The minimum absolute atomic E-state index is 0.179. The number of nitrogens with zero attached hydrogens (tertiary/aromatic N) is 4. The summed E-state index contributed by atoms with van der Waals surface area (Å²) in [6.07, 6.45) is 0.701. The van der Waals surface area contributed by atoms with Crippen molar-refractivity contribution < 1.29 is 5.11 Å². The van der Waals surface area contributed by atoms with E-state index in [1.807, 2.05) is 0 Å². The first-order valence-electron chi connectivity index (χ1n) is 3.41. The van der Waals surface area contributed by atoms with Crippen molar-refractivity contribution in [3.05, 3.63) is 0 Å². The molecular weight excluding hydrogens is 146 g/mol. The first kappa shape index (κ1) is 7.93. The van der Waals surface area contributed by atoms with E-state index in [-0.39, 0.29) is 6.61 Å². The van der Waals surface area contributed by atoms with Crippen LogP contribution in [0.3, 0.4) is 0 Å². The lowest BCUT2D eigenvalue weighted by Gasteiger charge is -2.00. The van der Waals surface area contributed by atoms with Crippen LogP contribution in [0, 0.1) is 0 Å². The van der Waals surface area contributed by atoms with Gasteiger partial charge in [-0.2, -0.15) is 0 Å². The molecule has 0 saturated carbocycles. The van der Waals surface area contributed by atoms with Gasteiger partial charge in [-0.05, 0) is 16.8 Å². The van der Waals surface area contributed by atoms with Gasteiger partial charge in [0.1, 0.15) is 0 Å². The molecule has 6 nitrogen and oxygen atoms in total. The van der Waals surface area contributed by atoms with Crippen LogP contribution in [0.2, 0.25) is 0 Å². The third-order valence-electron chi connectivity index (χ3n) is 1.24. The molecule has 0 bridgehead atoms. The van der Waals surface area contributed by atoms with E-state index in [0.29, 0.717) is 18.9 Å². The Bertz CT molecular complexity index is 210. The molecule has 0 aliphatic heterocycles. The van der Waals surface area contributed by atoms with Gasteiger partial charge in [-0.25, -0.2) is 4.68 Å². The quantitative estimate of drug-likeness (QED) is 0.548. The van der Waals surface area contributed by atoms with Gasteiger partial charge in [0.2, 0.25) is 5.95 Å². The summed E-state index contributed by atoms with van der Waals surface area (Å²) in [4.78, 5) is 0. The second-order valence-corrected chi connectivity index (χ2v) is 2.13. The predicted octanol–water partition coefficient (Wildman–Crippen LogP) is -0.996. The zero-order valence-corrected chi connectivity index (χ0v) is 6.36. The molecule has 11 heavy (non-hydrogen) atoms. The van der Waals surface area contributed by atoms with Gasteiger partial charge in [0.05, 0.1) is 0 Å². The van der Waals surface area contributed by atoms with Crippen molar-refractivity contribution in [1.82, 2.24) is 20.2 Å². The number of rotatable bonds is 4. The molecule has 0 saturated heterocycles. The monoisotopic (exact) mass is 157 g/mol. The average Bonchev–Trinajstić information content (AvgIpc) is 2.37. The summed E-state index contributed by atoms with van der Waals surface area (Å²) in [5.41, 5.74) is 0. The Morgan fingerprint density at radius 3 is 3.00 bits per heavy atom. The maximum Gasteiger partial charge on any atom is 0.242 e. The number of aliphatic hydroxyl groups excluding tert-OH is 1. The van der Waals surface area contributed by atoms with E-state index in [2.05, 4.69) is 20.8 Å². The second kappa shape index (κ2) is 3.87. The van der Waals surface area contributed by atoms with Gasteiger partial charge in [-0.3, -0.25) is 0 Å². The third-order valence-corrected chi connectivity index (χ3v) is 1.24. The van der Waals surface area contributed by atoms with E-state index in [9.17, 15) is 0 Å². The molecule has 0 unspecified atom stereocenters. The first-order valence-corrected chi connectivity index (χ1v) is 3.41. The Morgan fingerprint density at radius 2 is 2.45 bits per heavy atom. The summed E-state index contributed by atoms with van der Waals surface area (Å²) in [5.74, 6) is 0.624. The van der Waals surface area contributed by atoms with Gasteiger partial charge in [0.25, 0.3) is 0 Å². The fourth-order valence-electron chi connectivity index (χ4n) is 0.658. The van der Waals surface area contributed by atoms with E-state index in [0.717, 1.165) is 0 Å². The number of aliphatic hydroxyl groups is 1. The van der Waals surface area contributed by atoms with E-state index in [1.54, 1.807) is 7.05 Å². The molecule has 0 aromatic carbocycles. The van der Waals surface area contributed by atoms with Crippen LogP contribution in [0.4, 0.5) is 5.95 Å². The number of aromatic nitrogens is 4. The summed E-state index contributed by atoms with van der Waals surface area (Å²) in [6.45, 7) is 0.864. The molecule has 1 aromatic rings. The molecule has 2 N–H and O–H groups in total. The SMILES string of the molecule is Cn1nnnc1NCCCO. The number of hydrogen-bond acceptors (Lipinski definition) is 5. The van der Waals surface area contributed by atoms with Gasteiger partial charge < -0.3 is 10.4 Å². The Hall–Kier alpha value is -1.17. The smallest absolute Gasteiger partial charge is 0.242 e. The van der Waals surface area contributed by atoms with Gasteiger partial charge in [0, 0.05) is 20.2 Å². The highest BCUT2D eigenvalue weighted by Gasteiger charge is 1.97. The van der Waals surface area contributed by atoms with E-state index < -0.39 is 0 Å². The van der Waals surface area contributed by atoms with Crippen molar-refractivity contribution in [3.63, 3.8) is 0 Å². The van der Waals surface area contributed by atoms with E-state index in [4.69, 9.17) is 5.11 Å². The topological polar surface area (TPSA) is 75.9 Å². The first-order chi connectivity index (χ1) is 5.34. The molecular formula is C5H11N5O. The van der Waals surface area contributed by atoms with Crippen LogP contribution in [0.5, 0.6) is 0 Å². The summed E-state index contributed by atoms with van der Waals surface area (Å²) < 4.78 is 1.54. The highest BCUT2D eigenvalue weighted by molar-refractivity contribution is 5.20. The van der Waals surface area contributed by atoms with Gasteiger partial charge in [-0.15, -0.1) is 0 Å². The molecule has 0 atom stereocenters. The normalized spacial score (nSPS) is 10.0. The highest BCUT2D eigenvalue weighted by atomic mass is 16.3. The molecule has 1 rings (SSSR count). The minimum atomic E-state index is 0.179. The molecule has 0 aliphatic rings. The van der Waals surface area contributed by atoms with Crippen molar-refractivity contribution in [2.45, 2.75) is 6.42 Å². The predicted molar refractivity (Wildman–Crippen MR) is 39.0 cm³/mol. The van der Waals surface area contributed by atoms with E-state index >= 15 is 0 Å². The largest absolute Gasteiger partial charge is 0.396 e.